The molecule has 0 amide bonds. The number of Topliss-reactive ketones (excluding diaryl/α,β-unsaturated/α-hetero) is 1. The van der Waals surface area contributed by atoms with Gasteiger partial charge in [0.15, 0.2) is 7.28 Å². The van der Waals surface area contributed by atoms with E-state index in [1.165, 1.54) is 23.2 Å². The average Bonchev–Trinajstić information content (AvgIpc) is 3.34. The second kappa shape index (κ2) is 8.59. The molecular formula is C26H23BF2N3O2. The van der Waals surface area contributed by atoms with Crippen molar-refractivity contribution in [2.24, 2.45) is 0 Å². The minimum Gasteiger partial charge on any atom is -0.433 e. The number of benzene rings is 3. The zero-order chi connectivity index (χ0) is 23.9. The van der Waals surface area contributed by atoms with Gasteiger partial charge < -0.3 is 14.6 Å². The summed E-state index contributed by atoms with van der Waals surface area (Å²) in [6.07, 6.45) is -2.06. The Labute approximate surface area is 197 Å². The molecule has 1 N–H and O–H groups in total. The Kier molecular flexibility index (Phi) is 5.59. The van der Waals surface area contributed by atoms with Crippen molar-refractivity contribution in [2.75, 3.05) is 5.32 Å². The van der Waals surface area contributed by atoms with E-state index in [0.717, 1.165) is 22.9 Å². The number of nitrogens with one attached hydrogen (secondary N) is 1. The molecule has 0 saturated heterocycles. The number of anilines is 2. The SMILES string of the molecule is CC(=O)Cc1ccc2c(c1)nc(Nc1ccc(OC(C)(F)F)cc1)n2[C@@H]1C[B]c2ccccc21. The zero-order valence-electron chi connectivity index (χ0n) is 18.9. The molecule has 2 heterocycles. The fourth-order valence-electron chi connectivity index (χ4n) is 4.50. The quantitative estimate of drug-likeness (QED) is 0.385. The Morgan fingerprint density at radius 1 is 1.18 bits per heavy atom. The van der Waals surface area contributed by atoms with Crippen molar-refractivity contribution in [3.05, 3.63) is 77.9 Å². The Hall–Kier alpha value is -3.68. The van der Waals surface area contributed by atoms with Gasteiger partial charge in [0, 0.05) is 19.0 Å². The molecular weight excluding hydrogens is 435 g/mol. The minimum absolute atomic E-state index is 0.0590. The number of ketones is 1. The van der Waals surface area contributed by atoms with Gasteiger partial charge in [-0.25, -0.2) is 4.98 Å². The minimum atomic E-state index is -3.24. The van der Waals surface area contributed by atoms with E-state index in [9.17, 15) is 13.6 Å². The first-order valence-electron chi connectivity index (χ1n) is 11.1. The lowest BCUT2D eigenvalue weighted by molar-refractivity contribution is -0.158. The van der Waals surface area contributed by atoms with Gasteiger partial charge in [0.2, 0.25) is 5.95 Å². The van der Waals surface area contributed by atoms with Gasteiger partial charge in [-0.3, -0.25) is 4.79 Å². The summed E-state index contributed by atoms with van der Waals surface area (Å²) in [5.74, 6) is 0.815. The van der Waals surface area contributed by atoms with Crippen LogP contribution in [0.3, 0.4) is 0 Å². The molecule has 0 spiro atoms. The molecule has 1 radical (unpaired) electrons. The maximum Gasteiger partial charge on any atom is 0.394 e. The van der Waals surface area contributed by atoms with Crippen molar-refractivity contribution in [2.45, 2.75) is 38.7 Å². The van der Waals surface area contributed by atoms with Crippen LogP contribution in [0.2, 0.25) is 6.32 Å². The topological polar surface area (TPSA) is 56.1 Å². The largest absolute Gasteiger partial charge is 0.433 e. The summed E-state index contributed by atoms with van der Waals surface area (Å²) in [7, 11) is 2.22. The number of ether oxygens (including phenoxy) is 1. The summed E-state index contributed by atoms with van der Waals surface area (Å²) in [5, 5.41) is 3.35. The van der Waals surface area contributed by atoms with Crippen LogP contribution in [0.4, 0.5) is 20.4 Å². The lowest BCUT2D eigenvalue weighted by atomic mass is 9.72. The standard InChI is InChI=1S/C26H23BF2N3O2/c1-16(33)13-17-7-12-23-22(14-17)31-25(30-18-8-10-19(11-9-18)34-26(2,28)29)32(23)24-15-27-21-6-4-3-5-20(21)24/h3-12,14,24H,13,15H2,1-2H3,(H,30,31)/t24-/m1/s1. The van der Waals surface area contributed by atoms with E-state index in [1.807, 2.05) is 30.3 Å². The average molecular weight is 458 g/mol. The molecule has 5 rings (SSSR count). The highest BCUT2D eigenvalue weighted by Crippen LogP contribution is 2.35. The lowest BCUT2D eigenvalue weighted by Gasteiger charge is -2.19. The number of carbonyl (C=O) groups excluding carboxylic acids is 1. The van der Waals surface area contributed by atoms with E-state index in [4.69, 9.17) is 4.98 Å². The molecule has 0 saturated carbocycles. The Balaban J connectivity index is 1.55. The van der Waals surface area contributed by atoms with Crippen LogP contribution < -0.4 is 15.5 Å². The molecule has 1 aliphatic rings. The fourth-order valence-corrected chi connectivity index (χ4v) is 4.50. The normalized spacial score (nSPS) is 15.1. The summed E-state index contributed by atoms with van der Waals surface area (Å²) < 4.78 is 33.1. The van der Waals surface area contributed by atoms with Crippen molar-refractivity contribution in [3.8, 4) is 5.75 Å². The van der Waals surface area contributed by atoms with E-state index < -0.39 is 6.11 Å². The monoisotopic (exact) mass is 458 g/mol. The molecule has 1 aromatic heterocycles. The first kappa shape index (κ1) is 22.1. The Morgan fingerprint density at radius 3 is 2.68 bits per heavy atom. The predicted molar refractivity (Wildman–Crippen MR) is 130 cm³/mol. The highest BCUT2D eigenvalue weighted by molar-refractivity contribution is 6.56. The molecule has 4 aromatic rings. The molecule has 5 nitrogen and oxygen atoms in total. The van der Waals surface area contributed by atoms with Crippen LogP contribution in [0, 0.1) is 0 Å². The summed E-state index contributed by atoms with van der Waals surface area (Å²) in [6, 6.07) is 20.6. The molecule has 1 aliphatic heterocycles. The van der Waals surface area contributed by atoms with Crippen LogP contribution in [-0.2, 0) is 11.2 Å². The van der Waals surface area contributed by atoms with Gasteiger partial charge in [-0.1, -0.05) is 35.8 Å². The maximum atomic E-state index is 13.2. The molecule has 3 aromatic carbocycles. The van der Waals surface area contributed by atoms with Crippen molar-refractivity contribution >= 4 is 41.2 Å². The van der Waals surface area contributed by atoms with Crippen LogP contribution in [-0.4, -0.2) is 28.7 Å². The molecule has 8 heteroatoms. The van der Waals surface area contributed by atoms with Crippen LogP contribution >= 0.6 is 0 Å². The highest BCUT2D eigenvalue weighted by atomic mass is 19.3. The van der Waals surface area contributed by atoms with E-state index in [-0.39, 0.29) is 17.6 Å². The predicted octanol–water partition coefficient (Wildman–Crippen LogP) is 5.25. The number of aromatic nitrogens is 2. The maximum absolute atomic E-state index is 13.2. The molecule has 0 bridgehead atoms. The van der Waals surface area contributed by atoms with Gasteiger partial charge in [0.25, 0.3) is 0 Å². The molecule has 0 unspecified atom stereocenters. The number of carbonyl (C=O) groups is 1. The summed E-state index contributed by atoms with van der Waals surface area (Å²) in [4.78, 5) is 16.5. The van der Waals surface area contributed by atoms with E-state index in [0.29, 0.717) is 25.0 Å². The lowest BCUT2D eigenvalue weighted by Crippen LogP contribution is -2.19. The number of hydrogen-bond acceptors (Lipinski definition) is 4. The summed E-state index contributed by atoms with van der Waals surface area (Å²) in [6.45, 7) is 2.28. The smallest absolute Gasteiger partial charge is 0.394 e. The first-order chi connectivity index (χ1) is 16.3. The fraction of sp³-hybridized carbons (Fsp3) is 0.231. The van der Waals surface area contributed by atoms with Crippen LogP contribution in [0.5, 0.6) is 5.75 Å². The van der Waals surface area contributed by atoms with Crippen LogP contribution in [0.25, 0.3) is 11.0 Å². The third kappa shape index (κ3) is 4.53. The molecule has 0 fully saturated rings. The van der Waals surface area contributed by atoms with Crippen LogP contribution in [0.1, 0.15) is 31.0 Å². The number of fused-ring (bicyclic) bond motifs is 2. The van der Waals surface area contributed by atoms with Crippen molar-refractivity contribution in [3.63, 3.8) is 0 Å². The number of alkyl halides is 2. The second-order valence-corrected chi connectivity index (χ2v) is 8.65. The molecule has 1 atom stereocenters. The van der Waals surface area contributed by atoms with Gasteiger partial charge in [0.05, 0.1) is 17.1 Å². The molecule has 0 aliphatic carbocycles. The zero-order valence-corrected chi connectivity index (χ0v) is 18.9. The van der Waals surface area contributed by atoms with Gasteiger partial charge in [-0.05, 0) is 60.8 Å². The van der Waals surface area contributed by atoms with E-state index in [2.05, 4.69) is 34.0 Å². The van der Waals surface area contributed by atoms with E-state index >= 15 is 0 Å². The van der Waals surface area contributed by atoms with Gasteiger partial charge in [-0.15, -0.1) is 0 Å². The van der Waals surface area contributed by atoms with Crippen molar-refractivity contribution in [1.82, 2.24) is 9.55 Å². The second-order valence-electron chi connectivity index (χ2n) is 8.65. The third-order valence-corrected chi connectivity index (χ3v) is 5.84. The highest BCUT2D eigenvalue weighted by Gasteiger charge is 2.28. The van der Waals surface area contributed by atoms with Crippen molar-refractivity contribution < 1.29 is 18.3 Å². The molecule has 171 valence electrons. The van der Waals surface area contributed by atoms with Gasteiger partial charge in [0.1, 0.15) is 11.5 Å². The number of rotatable bonds is 7. The summed E-state index contributed by atoms with van der Waals surface area (Å²) >= 11 is 0. The number of halogens is 2. The van der Waals surface area contributed by atoms with Crippen LogP contribution in [0.15, 0.2) is 66.7 Å². The summed E-state index contributed by atoms with van der Waals surface area (Å²) in [5.41, 5.74) is 5.77. The Bertz CT molecular complexity index is 1360. The first-order valence-corrected chi connectivity index (χ1v) is 11.1. The van der Waals surface area contributed by atoms with Crippen molar-refractivity contribution in [1.29, 1.82) is 0 Å². The van der Waals surface area contributed by atoms with E-state index in [1.54, 1.807) is 19.1 Å². The number of hydrogen-bond donors (Lipinski definition) is 1. The van der Waals surface area contributed by atoms with Gasteiger partial charge >= 0.3 is 6.11 Å². The number of nitrogens with zero attached hydrogens (tertiary/aromatic N) is 2. The third-order valence-electron chi connectivity index (χ3n) is 5.84. The number of imidazole rings is 1. The molecule has 34 heavy (non-hydrogen) atoms. The van der Waals surface area contributed by atoms with Gasteiger partial charge in [-0.2, -0.15) is 8.78 Å². The Morgan fingerprint density at radius 2 is 1.94 bits per heavy atom.